The van der Waals surface area contributed by atoms with E-state index in [0.717, 1.165) is 42.8 Å². The first-order valence-electron chi connectivity index (χ1n) is 9.83. The molecule has 146 valence electrons. The highest BCUT2D eigenvalue weighted by atomic mass is 19.1. The Bertz CT molecular complexity index is 847. The van der Waals surface area contributed by atoms with Gasteiger partial charge in [0.05, 0.1) is 24.6 Å². The van der Waals surface area contributed by atoms with Crippen molar-refractivity contribution in [1.29, 1.82) is 0 Å². The fourth-order valence-electron chi connectivity index (χ4n) is 4.44. The van der Waals surface area contributed by atoms with Crippen LogP contribution in [0.1, 0.15) is 31.5 Å². The van der Waals surface area contributed by atoms with E-state index < -0.39 is 0 Å². The molecule has 2 saturated heterocycles. The van der Waals surface area contributed by atoms with Gasteiger partial charge in [-0.3, -0.25) is 9.69 Å². The zero-order chi connectivity index (χ0) is 19.1. The number of para-hydroxylation sites is 1. The molecule has 27 heavy (non-hydrogen) atoms. The predicted octanol–water partition coefficient (Wildman–Crippen LogP) is 2.77. The third-order valence-electron chi connectivity index (χ3n) is 5.99. The molecule has 3 atom stereocenters. The number of hydrogen-bond acceptors (Lipinski definition) is 3. The summed E-state index contributed by atoms with van der Waals surface area (Å²) in [6.07, 6.45) is 1.47. The van der Waals surface area contributed by atoms with E-state index in [0.29, 0.717) is 17.5 Å². The number of aromatic nitrogens is 1. The van der Waals surface area contributed by atoms with E-state index in [9.17, 15) is 9.18 Å². The SMILES string of the molecule is Cc1[nH]c2c(F)cccc2c1CC(=O)N[C@H]1C[C@H]2CO[C@@H](C(C)C)CN2C1. The normalized spacial score (nSPS) is 25.9. The summed E-state index contributed by atoms with van der Waals surface area (Å²) in [5.74, 6) is 0.217. The number of amides is 1. The van der Waals surface area contributed by atoms with E-state index >= 15 is 0 Å². The minimum Gasteiger partial charge on any atom is -0.375 e. The van der Waals surface area contributed by atoms with Crippen molar-refractivity contribution in [3.8, 4) is 0 Å². The van der Waals surface area contributed by atoms with Gasteiger partial charge in [-0.05, 0) is 30.9 Å². The highest BCUT2D eigenvalue weighted by Gasteiger charge is 2.38. The minimum absolute atomic E-state index is 0.00515. The third-order valence-corrected chi connectivity index (χ3v) is 5.99. The maximum Gasteiger partial charge on any atom is 0.224 e. The van der Waals surface area contributed by atoms with E-state index in [2.05, 4.69) is 29.0 Å². The Morgan fingerprint density at radius 1 is 1.41 bits per heavy atom. The van der Waals surface area contributed by atoms with Gasteiger partial charge in [0.25, 0.3) is 0 Å². The molecule has 2 N–H and O–H groups in total. The summed E-state index contributed by atoms with van der Waals surface area (Å²) in [6.45, 7) is 8.83. The number of ether oxygens (including phenoxy) is 1. The second-order valence-corrected chi connectivity index (χ2v) is 8.29. The Balaban J connectivity index is 1.40. The topological polar surface area (TPSA) is 57.4 Å². The highest BCUT2D eigenvalue weighted by molar-refractivity contribution is 5.90. The summed E-state index contributed by atoms with van der Waals surface area (Å²) in [6, 6.07) is 5.54. The lowest BCUT2D eigenvalue weighted by Gasteiger charge is -2.36. The Morgan fingerprint density at radius 3 is 3.00 bits per heavy atom. The molecule has 0 radical (unpaired) electrons. The minimum atomic E-state index is -0.283. The largest absolute Gasteiger partial charge is 0.375 e. The summed E-state index contributed by atoms with van der Waals surface area (Å²) < 4.78 is 19.9. The number of aryl methyl sites for hydroxylation is 1. The molecule has 0 saturated carbocycles. The quantitative estimate of drug-likeness (QED) is 0.867. The second kappa shape index (κ2) is 7.24. The van der Waals surface area contributed by atoms with Crippen molar-refractivity contribution in [1.82, 2.24) is 15.2 Å². The van der Waals surface area contributed by atoms with E-state index in [-0.39, 0.29) is 30.3 Å². The lowest BCUT2D eigenvalue weighted by atomic mass is 10.0. The molecule has 2 aliphatic heterocycles. The zero-order valence-corrected chi connectivity index (χ0v) is 16.2. The molecule has 0 bridgehead atoms. The van der Waals surface area contributed by atoms with Gasteiger partial charge in [-0.1, -0.05) is 26.0 Å². The first kappa shape index (κ1) is 18.4. The van der Waals surface area contributed by atoms with Crippen LogP contribution in [0.2, 0.25) is 0 Å². The number of fused-ring (bicyclic) bond motifs is 2. The van der Waals surface area contributed by atoms with E-state index in [1.165, 1.54) is 6.07 Å². The Morgan fingerprint density at radius 2 is 2.22 bits per heavy atom. The number of rotatable bonds is 4. The molecule has 1 aromatic heterocycles. The van der Waals surface area contributed by atoms with E-state index in [4.69, 9.17) is 4.74 Å². The van der Waals surface area contributed by atoms with Crippen LogP contribution >= 0.6 is 0 Å². The first-order chi connectivity index (χ1) is 12.9. The summed E-state index contributed by atoms with van der Waals surface area (Å²) in [5.41, 5.74) is 2.20. The van der Waals surface area contributed by atoms with Gasteiger partial charge in [0, 0.05) is 36.3 Å². The van der Waals surface area contributed by atoms with Crippen LogP contribution in [0.4, 0.5) is 4.39 Å². The summed E-state index contributed by atoms with van der Waals surface area (Å²) in [5, 5.41) is 3.97. The predicted molar refractivity (Wildman–Crippen MR) is 103 cm³/mol. The Hall–Kier alpha value is -1.92. The van der Waals surface area contributed by atoms with Gasteiger partial charge in [-0.15, -0.1) is 0 Å². The number of carbonyl (C=O) groups excluding carboxylic acids is 1. The van der Waals surface area contributed by atoms with Crippen LogP contribution in [0.25, 0.3) is 10.9 Å². The second-order valence-electron chi connectivity index (χ2n) is 8.29. The number of aromatic amines is 1. The third kappa shape index (κ3) is 3.60. The number of hydrogen-bond donors (Lipinski definition) is 2. The molecule has 2 fully saturated rings. The van der Waals surface area contributed by atoms with Gasteiger partial charge in [-0.25, -0.2) is 4.39 Å². The van der Waals surface area contributed by atoms with Crippen molar-refractivity contribution >= 4 is 16.8 Å². The molecule has 0 unspecified atom stereocenters. The average Bonchev–Trinajstić information content (AvgIpc) is 3.16. The smallest absolute Gasteiger partial charge is 0.224 e. The zero-order valence-electron chi connectivity index (χ0n) is 16.2. The molecule has 1 amide bonds. The van der Waals surface area contributed by atoms with Gasteiger partial charge in [-0.2, -0.15) is 0 Å². The molecular weight excluding hydrogens is 345 g/mol. The van der Waals surface area contributed by atoms with Crippen LogP contribution in [-0.4, -0.2) is 53.7 Å². The van der Waals surface area contributed by atoms with E-state index in [1.54, 1.807) is 6.07 Å². The molecule has 5 nitrogen and oxygen atoms in total. The van der Waals surface area contributed by atoms with Crippen LogP contribution in [0.5, 0.6) is 0 Å². The van der Waals surface area contributed by atoms with Crippen molar-refractivity contribution in [2.45, 2.75) is 51.8 Å². The van der Waals surface area contributed by atoms with Crippen molar-refractivity contribution in [2.75, 3.05) is 19.7 Å². The number of H-pyrrole nitrogens is 1. The summed E-state index contributed by atoms with van der Waals surface area (Å²) >= 11 is 0. The summed E-state index contributed by atoms with van der Waals surface area (Å²) in [7, 11) is 0. The van der Waals surface area contributed by atoms with Crippen molar-refractivity contribution in [3.05, 3.63) is 35.3 Å². The van der Waals surface area contributed by atoms with Crippen molar-refractivity contribution in [2.24, 2.45) is 5.92 Å². The maximum atomic E-state index is 14.0. The fourth-order valence-corrected chi connectivity index (χ4v) is 4.44. The monoisotopic (exact) mass is 373 g/mol. The molecule has 4 rings (SSSR count). The highest BCUT2D eigenvalue weighted by Crippen LogP contribution is 2.27. The number of benzene rings is 1. The van der Waals surface area contributed by atoms with Gasteiger partial charge in [0.1, 0.15) is 5.82 Å². The lowest BCUT2D eigenvalue weighted by Crippen LogP contribution is -2.48. The van der Waals surface area contributed by atoms with Gasteiger partial charge >= 0.3 is 0 Å². The standard InChI is InChI=1S/C21H28FN3O2/c1-12(2)19-10-25-9-14(7-15(25)11-27-19)24-20(26)8-17-13(3)23-21-16(17)5-4-6-18(21)22/h4-6,12,14-15,19,23H,7-11H2,1-3H3,(H,24,26)/t14-,15-,19+/m0/s1. The number of morpholine rings is 1. The molecule has 6 heteroatoms. The van der Waals surface area contributed by atoms with Gasteiger partial charge < -0.3 is 15.0 Å². The molecule has 2 aromatic rings. The molecule has 0 aliphatic carbocycles. The number of halogens is 1. The first-order valence-corrected chi connectivity index (χ1v) is 9.83. The number of nitrogens with zero attached hydrogens (tertiary/aromatic N) is 1. The molecule has 0 spiro atoms. The molecule has 2 aliphatic rings. The molecular formula is C21H28FN3O2. The number of nitrogens with one attached hydrogen (secondary N) is 2. The molecule has 3 heterocycles. The van der Waals surface area contributed by atoms with Crippen molar-refractivity contribution < 1.29 is 13.9 Å². The Labute approximate surface area is 159 Å². The lowest BCUT2D eigenvalue weighted by molar-refractivity contribution is -0.121. The fraction of sp³-hybridized carbons (Fsp3) is 0.571. The molecule has 1 aromatic carbocycles. The van der Waals surface area contributed by atoms with Crippen LogP contribution in [-0.2, 0) is 16.0 Å². The van der Waals surface area contributed by atoms with Crippen LogP contribution in [0, 0.1) is 18.7 Å². The van der Waals surface area contributed by atoms with Crippen molar-refractivity contribution in [3.63, 3.8) is 0 Å². The maximum absolute atomic E-state index is 14.0. The number of carbonyl (C=O) groups is 1. The Kier molecular flexibility index (Phi) is 4.95. The van der Waals surface area contributed by atoms with Gasteiger partial charge in [0.15, 0.2) is 0 Å². The van der Waals surface area contributed by atoms with Crippen LogP contribution < -0.4 is 5.32 Å². The van der Waals surface area contributed by atoms with Crippen LogP contribution in [0.3, 0.4) is 0 Å². The van der Waals surface area contributed by atoms with Gasteiger partial charge in [0.2, 0.25) is 5.91 Å². The summed E-state index contributed by atoms with van der Waals surface area (Å²) in [4.78, 5) is 18.2. The average molecular weight is 373 g/mol. The van der Waals surface area contributed by atoms with Crippen LogP contribution in [0.15, 0.2) is 18.2 Å². The van der Waals surface area contributed by atoms with E-state index in [1.807, 2.05) is 13.0 Å².